The zero-order chi connectivity index (χ0) is 42.1. The van der Waals surface area contributed by atoms with E-state index in [1.54, 1.807) is 6.08 Å². The Labute approximate surface area is 354 Å². The number of rotatable bonds is 44. The molecule has 3 N–H and O–H groups in total. The van der Waals surface area contributed by atoms with Crippen LogP contribution in [0.4, 0.5) is 0 Å². The molecule has 0 spiro atoms. The summed E-state index contributed by atoms with van der Waals surface area (Å²) < 4.78 is 23.5. The van der Waals surface area contributed by atoms with Gasteiger partial charge >= 0.3 is 7.82 Å². The molecule has 0 aromatic carbocycles. The fourth-order valence-electron chi connectivity index (χ4n) is 7.04. The summed E-state index contributed by atoms with van der Waals surface area (Å²) in [5, 5.41) is 13.8. The van der Waals surface area contributed by atoms with Crippen molar-refractivity contribution in [1.29, 1.82) is 0 Å². The molecule has 0 fully saturated rings. The van der Waals surface area contributed by atoms with Crippen LogP contribution in [0, 0.1) is 0 Å². The lowest BCUT2D eigenvalue weighted by Gasteiger charge is -2.25. The maximum atomic E-state index is 12.9. The summed E-state index contributed by atoms with van der Waals surface area (Å²) in [6.07, 6.45) is 48.3. The third-order valence-corrected chi connectivity index (χ3v) is 11.9. The van der Waals surface area contributed by atoms with Gasteiger partial charge in [0.1, 0.15) is 13.2 Å². The Balaban J connectivity index is 4.20. The molecule has 0 aromatic heterocycles. The maximum Gasteiger partial charge on any atom is 0.472 e. The zero-order valence-electron chi connectivity index (χ0n) is 38.3. The average molecular weight is 828 g/mol. The number of phosphoric ester groups is 1. The quantitative estimate of drug-likeness (QED) is 0.0244. The first-order valence-electron chi connectivity index (χ1n) is 24.2. The molecule has 57 heavy (non-hydrogen) atoms. The minimum atomic E-state index is -4.33. The minimum absolute atomic E-state index is 0.0619. The van der Waals surface area contributed by atoms with Gasteiger partial charge in [0, 0.05) is 6.42 Å². The van der Waals surface area contributed by atoms with Crippen molar-refractivity contribution in [2.75, 3.05) is 40.9 Å². The van der Waals surface area contributed by atoms with Gasteiger partial charge in [-0.25, -0.2) is 4.57 Å². The van der Waals surface area contributed by atoms with Crippen molar-refractivity contribution in [3.8, 4) is 0 Å². The fourth-order valence-corrected chi connectivity index (χ4v) is 7.77. The number of nitrogens with one attached hydrogen (secondary N) is 1. The molecular formula is C48H96N2O6P+. The van der Waals surface area contributed by atoms with Crippen molar-refractivity contribution < 1.29 is 32.9 Å². The highest BCUT2D eigenvalue weighted by atomic mass is 31.2. The summed E-state index contributed by atoms with van der Waals surface area (Å²) in [6, 6.07) is -0.844. The van der Waals surface area contributed by atoms with Gasteiger partial charge in [-0.3, -0.25) is 13.8 Å². The highest BCUT2D eigenvalue weighted by Crippen LogP contribution is 2.43. The number of unbranched alkanes of at least 4 members (excludes halogenated alkanes) is 29. The van der Waals surface area contributed by atoms with Crippen LogP contribution in [-0.2, 0) is 18.4 Å². The standard InChI is InChI=1S/C48H95N2O6P/c1-6-8-10-12-14-16-18-19-20-21-22-23-24-25-26-27-28-29-30-32-34-36-38-40-42-48(52)49-46(45-56-57(53,54)55-44-43-50(3,4)5)47(51)41-39-37-35-33-31-17-15-13-11-9-7-2/h25-26,39,41,46-47,51H,6-24,27-38,40,42-45H2,1-5H3,(H-,49,52,53,54)/p+1/b26-25-,41-39+. The van der Waals surface area contributed by atoms with Crippen LogP contribution in [0.2, 0.25) is 0 Å². The number of nitrogens with zero attached hydrogens (tertiary/aromatic N) is 1. The number of carbonyl (C=O) groups excluding carboxylic acids is 1. The van der Waals surface area contributed by atoms with Crippen molar-refractivity contribution >= 4 is 13.7 Å². The number of hydrogen-bond acceptors (Lipinski definition) is 5. The van der Waals surface area contributed by atoms with Crippen LogP contribution in [0.1, 0.15) is 226 Å². The summed E-state index contributed by atoms with van der Waals surface area (Å²) in [5.74, 6) is -0.180. The summed E-state index contributed by atoms with van der Waals surface area (Å²) >= 11 is 0. The molecule has 0 rings (SSSR count). The second kappa shape index (κ2) is 40.4. The van der Waals surface area contributed by atoms with Crippen molar-refractivity contribution in [2.45, 2.75) is 238 Å². The lowest BCUT2D eigenvalue weighted by Crippen LogP contribution is -2.45. The van der Waals surface area contributed by atoms with Crippen LogP contribution in [0.3, 0.4) is 0 Å². The van der Waals surface area contributed by atoms with E-state index in [-0.39, 0.29) is 19.1 Å². The van der Waals surface area contributed by atoms with Crippen LogP contribution in [-0.4, -0.2) is 73.4 Å². The Kier molecular flexibility index (Phi) is 39.7. The third kappa shape index (κ3) is 42.9. The molecule has 1 amide bonds. The smallest absolute Gasteiger partial charge is 0.387 e. The van der Waals surface area contributed by atoms with E-state index in [4.69, 9.17) is 9.05 Å². The molecule has 3 unspecified atom stereocenters. The maximum absolute atomic E-state index is 12.9. The van der Waals surface area contributed by atoms with Crippen LogP contribution >= 0.6 is 7.82 Å². The van der Waals surface area contributed by atoms with Gasteiger partial charge in [-0.05, 0) is 44.9 Å². The van der Waals surface area contributed by atoms with E-state index in [9.17, 15) is 19.4 Å². The summed E-state index contributed by atoms with van der Waals surface area (Å²) in [4.78, 5) is 23.1. The molecular weight excluding hydrogens is 732 g/mol. The van der Waals surface area contributed by atoms with Crippen molar-refractivity contribution in [1.82, 2.24) is 5.32 Å². The molecule has 0 bridgehead atoms. The second-order valence-corrected chi connectivity index (χ2v) is 19.3. The predicted molar refractivity (Wildman–Crippen MR) is 245 cm³/mol. The molecule has 3 atom stereocenters. The monoisotopic (exact) mass is 828 g/mol. The van der Waals surface area contributed by atoms with Gasteiger partial charge in [0.05, 0.1) is 39.9 Å². The van der Waals surface area contributed by atoms with Crippen molar-refractivity contribution in [3.05, 3.63) is 24.3 Å². The lowest BCUT2D eigenvalue weighted by molar-refractivity contribution is -0.870. The van der Waals surface area contributed by atoms with E-state index in [1.807, 2.05) is 27.2 Å². The summed E-state index contributed by atoms with van der Waals surface area (Å²) in [5.41, 5.74) is 0. The van der Waals surface area contributed by atoms with E-state index in [0.29, 0.717) is 17.4 Å². The van der Waals surface area contributed by atoms with Gasteiger partial charge in [0.2, 0.25) is 5.91 Å². The normalized spacial score (nSPS) is 14.4. The Bertz CT molecular complexity index is 984. The van der Waals surface area contributed by atoms with Gasteiger partial charge < -0.3 is 19.8 Å². The summed E-state index contributed by atoms with van der Waals surface area (Å²) in [6.45, 7) is 4.81. The highest BCUT2D eigenvalue weighted by Gasteiger charge is 2.27. The number of carbonyl (C=O) groups is 1. The largest absolute Gasteiger partial charge is 0.472 e. The first-order valence-corrected chi connectivity index (χ1v) is 25.7. The van der Waals surface area contributed by atoms with E-state index in [2.05, 4.69) is 31.3 Å². The number of amides is 1. The Morgan fingerprint density at radius 2 is 0.947 bits per heavy atom. The van der Waals surface area contributed by atoms with Gasteiger partial charge in [0.15, 0.2) is 0 Å². The van der Waals surface area contributed by atoms with Crippen molar-refractivity contribution in [3.63, 3.8) is 0 Å². The molecule has 0 radical (unpaired) electrons. The molecule has 8 nitrogen and oxygen atoms in total. The molecule has 0 saturated heterocycles. The van der Waals surface area contributed by atoms with Crippen LogP contribution in [0.25, 0.3) is 0 Å². The number of phosphoric acid groups is 1. The van der Waals surface area contributed by atoms with Gasteiger partial charge in [-0.2, -0.15) is 0 Å². The second-order valence-electron chi connectivity index (χ2n) is 17.8. The number of likely N-dealkylation sites (N-methyl/N-ethyl adjacent to an activating group) is 1. The van der Waals surface area contributed by atoms with Crippen LogP contribution < -0.4 is 5.32 Å². The van der Waals surface area contributed by atoms with Gasteiger partial charge in [-0.1, -0.05) is 199 Å². The van der Waals surface area contributed by atoms with Crippen LogP contribution in [0.5, 0.6) is 0 Å². The first-order chi connectivity index (χ1) is 27.5. The number of aliphatic hydroxyl groups excluding tert-OH is 1. The molecule has 0 aliphatic carbocycles. The number of hydrogen-bond donors (Lipinski definition) is 3. The molecule has 0 aliphatic heterocycles. The number of aliphatic hydroxyl groups is 1. The van der Waals surface area contributed by atoms with E-state index < -0.39 is 20.0 Å². The minimum Gasteiger partial charge on any atom is -0.387 e. The Morgan fingerprint density at radius 1 is 0.579 bits per heavy atom. The molecule has 9 heteroatoms. The fraction of sp³-hybridized carbons (Fsp3) is 0.896. The Hall–Kier alpha value is -1.02. The molecule has 0 aliphatic rings. The lowest BCUT2D eigenvalue weighted by atomic mass is 10.0. The zero-order valence-corrected chi connectivity index (χ0v) is 39.2. The van der Waals surface area contributed by atoms with E-state index >= 15 is 0 Å². The predicted octanol–water partition coefficient (Wildman–Crippen LogP) is 13.7. The summed E-state index contributed by atoms with van der Waals surface area (Å²) in [7, 11) is 1.57. The first kappa shape index (κ1) is 56.0. The van der Waals surface area contributed by atoms with Gasteiger partial charge in [0.25, 0.3) is 0 Å². The van der Waals surface area contributed by atoms with Gasteiger partial charge in [-0.15, -0.1) is 0 Å². The molecule has 0 aromatic rings. The third-order valence-electron chi connectivity index (χ3n) is 10.9. The topological polar surface area (TPSA) is 105 Å². The molecule has 338 valence electrons. The molecule has 0 saturated carbocycles. The Morgan fingerprint density at radius 3 is 1.35 bits per heavy atom. The van der Waals surface area contributed by atoms with Crippen molar-refractivity contribution in [2.24, 2.45) is 0 Å². The average Bonchev–Trinajstić information content (AvgIpc) is 3.16. The van der Waals surface area contributed by atoms with E-state index in [1.165, 1.54) is 167 Å². The number of quaternary nitrogens is 1. The molecule has 0 heterocycles. The van der Waals surface area contributed by atoms with Crippen LogP contribution in [0.15, 0.2) is 24.3 Å². The van der Waals surface area contributed by atoms with E-state index in [0.717, 1.165) is 38.5 Å². The SMILES string of the molecule is CCCCCCCCCCC/C=C/C(O)C(COP(=O)(O)OCC[N+](C)(C)C)NC(=O)CCCCCCCCCC/C=C\CCCCCCCCCCCCCC. The highest BCUT2D eigenvalue weighted by molar-refractivity contribution is 7.47. The number of allylic oxidation sites excluding steroid dienone is 3.